The summed E-state index contributed by atoms with van der Waals surface area (Å²) < 4.78 is 5.43. The Balaban J connectivity index is 2.77. The zero-order valence-electron chi connectivity index (χ0n) is 8.83. The predicted octanol–water partition coefficient (Wildman–Crippen LogP) is 2.85. The Kier molecular flexibility index (Phi) is 2.46. The molecule has 0 radical (unpaired) electrons. The van der Waals surface area contributed by atoms with E-state index in [4.69, 9.17) is 4.42 Å². The molecule has 2 rings (SSSR count). The summed E-state index contributed by atoms with van der Waals surface area (Å²) in [6, 6.07) is 3.60. The summed E-state index contributed by atoms with van der Waals surface area (Å²) in [5, 5.41) is 4.16. The number of aryl methyl sites for hydroxylation is 1. The lowest BCUT2D eigenvalue weighted by Crippen LogP contribution is -1.92. The highest BCUT2D eigenvalue weighted by Crippen LogP contribution is 2.30. The maximum Gasteiger partial charge on any atom is 0.150 e. The topological polar surface area (TPSA) is 42.2 Å². The van der Waals surface area contributed by atoms with Crippen LogP contribution in [0.3, 0.4) is 0 Å². The molecule has 0 unspecified atom stereocenters. The maximum absolute atomic E-state index is 10.7. The van der Waals surface area contributed by atoms with Crippen molar-refractivity contribution in [3.8, 4) is 0 Å². The van der Waals surface area contributed by atoms with Gasteiger partial charge in [0.25, 0.3) is 0 Å². The lowest BCUT2D eigenvalue weighted by Gasteiger charge is -2.04. The highest BCUT2D eigenvalue weighted by molar-refractivity contribution is 5.97. The molecule has 3 nitrogen and oxygen atoms in total. The zero-order chi connectivity index (χ0) is 10.8. The SMILES string of the molecule is CCc1coc2cc(C=O)cc(NC)c12. The summed E-state index contributed by atoms with van der Waals surface area (Å²) in [6.45, 7) is 2.08. The lowest BCUT2D eigenvalue weighted by atomic mass is 10.1. The summed E-state index contributed by atoms with van der Waals surface area (Å²) in [4.78, 5) is 10.7. The van der Waals surface area contributed by atoms with Crippen LogP contribution in [0.5, 0.6) is 0 Å². The van der Waals surface area contributed by atoms with Crippen LogP contribution in [-0.4, -0.2) is 13.3 Å². The molecular weight excluding hydrogens is 190 g/mol. The summed E-state index contributed by atoms with van der Waals surface area (Å²) in [7, 11) is 1.84. The molecule has 0 amide bonds. The number of hydrogen-bond donors (Lipinski definition) is 1. The number of furan rings is 1. The van der Waals surface area contributed by atoms with Crippen molar-refractivity contribution in [2.75, 3.05) is 12.4 Å². The van der Waals surface area contributed by atoms with Crippen molar-refractivity contribution < 1.29 is 9.21 Å². The van der Waals surface area contributed by atoms with Crippen molar-refractivity contribution in [3.05, 3.63) is 29.5 Å². The molecule has 0 aliphatic heterocycles. The minimum absolute atomic E-state index is 0.629. The molecule has 1 aromatic heterocycles. The van der Waals surface area contributed by atoms with Gasteiger partial charge in [-0.2, -0.15) is 0 Å². The number of aldehydes is 1. The van der Waals surface area contributed by atoms with Crippen molar-refractivity contribution in [2.24, 2.45) is 0 Å². The second-order valence-electron chi connectivity index (χ2n) is 3.42. The molecule has 0 fully saturated rings. The normalized spacial score (nSPS) is 10.5. The van der Waals surface area contributed by atoms with Gasteiger partial charge in [-0.15, -0.1) is 0 Å². The van der Waals surface area contributed by atoms with Gasteiger partial charge in [0.15, 0.2) is 0 Å². The van der Waals surface area contributed by atoms with Crippen molar-refractivity contribution in [3.63, 3.8) is 0 Å². The van der Waals surface area contributed by atoms with Gasteiger partial charge in [0.2, 0.25) is 0 Å². The first-order valence-electron chi connectivity index (χ1n) is 4.97. The van der Waals surface area contributed by atoms with E-state index in [1.54, 1.807) is 12.3 Å². The van der Waals surface area contributed by atoms with E-state index in [1.807, 2.05) is 13.1 Å². The molecule has 3 heteroatoms. The highest BCUT2D eigenvalue weighted by Gasteiger charge is 2.10. The average Bonchev–Trinajstić information content (AvgIpc) is 2.70. The van der Waals surface area contributed by atoms with E-state index in [0.717, 1.165) is 34.9 Å². The van der Waals surface area contributed by atoms with E-state index in [2.05, 4.69) is 12.2 Å². The number of anilines is 1. The molecule has 2 aromatic rings. The molecular formula is C12H13NO2. The van der Waals surface area contributed by atoms with Crippen molar-refractivity contribution in [1.82, 2.24) is 0 Å². The van der Waals surface area contributed by atoms with Gasteiger partial charge in [-0.25, -0.2) is 0 Å². The van der Waals surface area contributed by atoms with Crippen LogP contribution in [0.4, 0.5) is 5.69 Å². The van der Waals surface area contributed by atoms with E-state index >= 15 is 0 Å². The monoisotopic (exact) mass is 203 g/mol. The second kappa shape index (κ2) is 3.77. The van der Waals surface area contributed by atoms with Gasteiger partial charge < -0.3 is 9.73 Å². The smallest absolute Gasteiger partial charge is 0.150 e. The van der Waals surface area contributed by atoms with Crippen LogP contribution >= 0.6 is 0 Å². The molecule has 0 saturated heterocycles. The summed E-state index contributed by atoms with van der Waals surface area (Å²) in [6.07, 6.45) is 3.50. The average molecular weight is 203 g/mol. The van der Waals surface area contributed by atoms with E-state index in [1.165, 1.54) is 0 Å². The lowest BCUT2D eigenvalue weighted by molar-refractivity contribution is 0.112. The number of fused-ring (bicyclic) bond motifs is 1. The summed E-state index contributed by atoms with van der Waals surface area (Å²) in [5.41, 5.74) is 3.50. The summed E-state index contributed by atoms with van der Waals surface area (Å²) >= 11 is 0. The van der Waals surface area contributed by atoms with Crippen LogP contribution in [0.1, 0.15) is 22.8 Å². The summed E-state index contributed by atoms with van der Waals surface area (Å²) in [5.74, 6) is 0. The molecule has 0 aliphatic carbocycles. The molecule has 78 valence electrons. The number of benzene rings is 1. The van der Waals surface area contributed by atoms with Gasteiger partial charge in [0.1, 0.15) is 11.9 Å². The van der Waals surface area contributed by atoms with Crippen LogP contribution in [0.2, 0.25) is 0 Å². The fraction of sp³-hybridized carbons (Fsp3) is 0.250. The molecule has 1 N–H and O–H groups in total. The fourth-order valence-corrected chi connectivity index (χ4v) is 1.78. The first-order chi connectivity index (χ1) is 7.30. The third-order valence-corrected chi connectivity index (χ3v) is 2.56. The molecule has 0 saturated carbocycles. The maximum atomic E-state index is 10.7. The third kappa shape index (κ3) is 1.50. The van der Waals surface area contributed by atoms with Crippen LogP contribution in [0.25, 0.3) is 11.0 Å². The van der Waals surface area contributed by atoms with E-state index in [9.17, 15) is 4.79 Å². The number of carbonyl (C=O) groups is 1. The first-order valence-corrected chi connectivity index (χ1v) is 4.97. The quantitative estimate of drug-likeness (QED) is 0.780. The van der Waals surface area contributed by atoms with Gasteiger partial charge in [0, 0.05) is 29.2 Å². The Labute approximate surface area is 88.1 Å². The van der Waals surface area contributed by atoms with Crippen LogP contribution < -0.4 is 5.32 Å². The van der Waals surface area contributed by atoms with Gasteiger partial charge in [-0.1, -0.05) is 6.92 Å². The second-order valence-corrected chi connectivity index (χ2v) is 3.42. The van der Waals surface area contributed by atoms with Gasteiger partial charge in [0.05, 0.1) is 6.26 Å². The first kappa shape index (κ1) is 9.77. The fourth-order valence-electron chi connectivity index (χ4n) is 1.78. The Hall–Kier alpha value is -1.77. The van der Waals surface area contributed by atoms with Gasteiger partial charge >= 0.3 is 0 Å². The van der Waals surface area contributed by atoms with Crippen molar-refractivity contribution >= 4 is 22.9 Å². The van der Waals surface area contributed by atoms with E-state index in [0.29, 0.717) is 5.56 Å². The number of nitrogens with one attached hydrogen (secondary N) is 1. The van der Waals surface area contributed by atoms with Crippen LogP contribution in [0.15, 0.2) is 22.8 Å². The number of rotatable bonds is 3. The van der Waals surface area contributed by atoms with Crippen molar-refractivity contribution in [2.45, 2.75) is 13.3 Å². The molecule has 0 atom stereocenters. The zero-order valence-corrected chi connectivity index (χ0v) is 8.83. The Bertz CT molecular complexity index is 500. The van der Waals surface area contributed by atoms with Gasteiger partial charge in [-0.3, -0.25) is 4.79 Å². The standard InChI is InChI=1S/C12H13NO2/c1-3-9-7-15-11-5-8(6-14)4-10(13-2)12(9)11/h4-7,13H,3H2,1-2H3. The van der Waals surface area contributed by atoms with Gasteiger partial charge in [-0.05, 0) is 18.6 Å². The molecule has 0 spiro atoms. The Morgan fingerprint density at radius 3 is 2.87 bits per heavy atom. The van der Waals surface area contributed by atoms with Crippen LogP contribution in [0, 0.1) is 0 Å². The van der Waals surface area contributed by atoms with Crippen molar-refractivity contribution in [1.29, 1.82) is 0 Å². The number of hydrogen-bond acceptors (Lipinski definition) is 3. The Morgan fingerprint density at radius 2 is 2.27 bits per heavy atom. The van der Waals surface area contributed by atoms with E-state index in [-0.39, 0.29) is 0 Å². The third-order valence-electron chi connectivity index (χ3n) is 2.56. The molecule has 1 aromatic carbocycles. The minimum atomic E-state index is 0.629. The molecule has 0 aliphatic rings. The molecule has 1 heterocycles. The van der Waals surface area contributed by atoms with E-state index < -0.39 is 0 Å². The largest absolute Gasteiger partial charge is 0.464 e. The highest BCUT2D eigenvalue weighted by atomic mass is 16.3. The van der Waals surface area contributed by atoms with Crippen LogP contribution in [-0.2, 0) is 6.42 Å². The molecule has 0 bridgehead atoms. The predicted molar refractivity (Wildman–Crippen MR) is 60.5 cm³/mol. The number of carbonyl (C=O) groups excluding carboxylic acids is 1. The minimum Gasteiger partial charge on any atom is -0.464 e. The Morgan fingerprint density at radius 1 is 1.47 bits per heavy atom. The molecule has 15 heavy (non-hydrogen) atoms.